The minimum absolute atomic E-state index is 0.327. The summed E-state index contributed by atoms with van der Waals surface area (Å²) in [6, 6.07) is 7.14. The van der Waals surface area contributed by atoms with Crippen molar-refractivity contribution in [3.05, 3.63) is 29.8 Å². The molecular formula is C14H22BrNO2S. The fourth-order valence-corrected chi connectivity index (χ4v) is 3.69. The first kappa shape index (κ1) is 16.7. The molecule has 108 valence electrons. The van der Waals surface area contributed by atoms with Gasteiger partial charge < -0.3 is 0 Å². The zero-order valence-electron chi connectivity index (χ0n) is 11.5. The molecule has 1 aromatic rings. The Morgan fingerprint density at radius 1 is 1.26 bits per heavy atom. The highest BCUT2D eigenvalue weighted by atomic mass is 79.9. The van der Waals surface area contributed by atoms with Gasteiger partial charge in [0.1, 0.15) is 0 Å². The van der Waals surface area contributed by atoms with Gasteiger partial charge in [-0.3, -0.25) is 0 Å². The van der Waals surface area contributed by atoms with Crippen molar-refractivity contribution in [2.75, 3.05) is 11.9 Å². The van der Waals surface area contributed by atoms with Crippen LogP contribution >= 0.6 is 15.9 Å². The Morgan fingerprint density at radius 2 is 1.89 bits per heavy atom. The molecule has 0 heterocycles. The van der Waals surface area contributed by atoms with E-state index in [-0.39, 0.29) is 0 Å². The van der Waals surface area contributed by atoms with E-state index in [0.29, 0.717) is 17.4 Å². The summed E-state index contributed by atoms with van der Waals surface area (Å²) in [4.78, 5) is 0.346. The first-order valence-corrected chi connectivity index (χ1v) is 9.24. The number of benzene rings is 1. The maximum Gasteiger partial charge on any atom is 0.240 e. The van der Waals surface area contributed by atoms with Gasteiger partial charge in [-0.1, -0.05) is 48.3 Å². The zero-order valence-corrected chi connectivity index (χ0v) is 13.9. The molecule has 1 aromatic carbocycles. The molecule has 0 radical (unpaired) electrons. The van der Waals surface area contributed by atoms with Crippen LogP contribution in [0.25, 0.3) is 0 Å². The Hall–Kier alpha value is -0.390. The highest BCUT2D eigenvalue weighted by Gasteiger charge is 2.14. The van der Waals surface area contributed by atoms with Crippen molar-refractivity contribution < 1.29 is 8.42 Å². The molecule has 0 saturated heterocycles. The van der Waals surface area contributed by atoms with Crippen LogP contribution in [-0.2, 0) is 16.4 Å². The number of hydrogen-bond acceptors (Lipinski definition) is 2. The molecule has 19 heavy (non-hydrogen) atoms. The van der Waals surface area contributed by atoms with Gasteiger partial charge in [-0.15, -0.1) is 0 Å². The Morgan fingerprint density at radius 3 is 2.42 bits per heavy atom. The maximum absolute atomic E-state index is 12.1. The van der Waals surface area contributed by atoms with Crippen LogP contribution in [0.1, 0.15) is 32.3 Å². The van der Waals surface area contributed by atoms with E-state index < -0.39 is 10.0 Å². The molecule has 1 atom stereocenters. The largest absolute Gasteiger partial charge is 0.240 e. The van der Waals surface area contributed by atoms with Crippen LogP contribution in [0.3, 0.4) is 0 Å². The summed E-state index contributed by atoms with van der Waals surface area (Å²) in [5, 5.41) is 0.890. The van der Waals surface area contributed by atoms with E-state index in [4.69, 9.17) is 0 Å². The molecule has 1 unspecified atom stereocenters. The molecular weight excluding hydrogens is 326 g/mol. The fourth-order valence-electron chi connectivity index (χ4n) is 1.75. The van der Waals surface area contributed by atoms with E-state index in [9.17, 15) is 8.42 Å². The van der Waals surface area contributed by atoms with Gasteiger partial charge in [-0.25, -0.2) is 13.1 Å². The third kappa shape index (κ3) is 5.63. The van der Waals surface area contributed by atoms with Gasteiger partial charge in [0.2, 0.25) is 10.0 Å². The summed E-state index contributed by atoms with van der Waals surface area (Å²) < 4.78 is 26.8. The maximum atomic E-state index is 12.1. The van der Waals surface area contributed by atoms with E-state index >= 15 is 0 Å². The molecule has 0 spiro atoms. The monoisotopic (exact) mass is 347 g/mol. The Kier molecular flexibility index (Phi) is 7.04. The van der Waals surface area contributed by atoms with Crippen molar-refractivity contribution in [2.24, 2.45) is 5.92 Å². The molecule has 3 nitrogen and oxygen atoms in total. The van der Waals surface area contributed by atoms with E-state index in [0.717, 1.165) is 24.6 Å². The van der Waals surface area contributed by atoms with Crippen molar-refractivity contribution >= 4 is 26.0 Å². The Bertz CT molecular complexity index is 471. The zero-order chi connectivity index (χ0) is 14.3. The number of hydrogen-bond donors (Lipinski definition) is 1. The standard InChI is InChI=1S/C14H22BrNO2S/c1-3-4-13-5-7-14(8-6-13)19(17,18)16-11-12(2)9-10-15/h5-8,12,16H,3-4,9-11H2,1-2H3. The summed E-state index contributed by atoms with van der Waals surface area (Å²) in [7, 11) is -3.37. The van der Waals surface area contributed by atoms with Crippen LogP contribution in [-0.4, -0.2) is 20.3 Å². The number of rotatable bonds is 8. The molecule has 0 aliphatic heterocycles. The van der Waals surface area contributed by atoms with Crippen molar-refractivity contribution in [1.29, 1.82) is 0 Å². The van der Waals surface area contributed by atoms with Crippen LogP contribution in [0.4, 0.5) is 0 Å². The second-order valence-electron chi connectivity index (χ2n) is 4.83. The smallest absolute Gasteiger partial charge is 0.211 e. The second kappa shape index (κ2) is 8.02. The summed E-state index contributed by atoms with van der Waals surface area (Å²) in [5.41, 5.74) is 1.18. The quantitative estimate of drug-likeness (QED) is 0.733. The van der Waals surface area contributed by atoms with Crippen molar-refractivity contribution in [2.45, 2.75) is 38.0 Å². The lowest BCUT2D eigenvalue weighted by molar-refractivity contribution is 0.532. The SMILES string of the molecule is CCCc1ccc(S(=O)(=O)NCC(C)CCBr)cc1. The molecule has 5 heteroatoms. The van der Waals surface area contributed by atoms with Crippen LogP contribution in [0.15, 0.2) is 29.2 Å². The van der Waals surface area contributed by atoms with Gasteiger partial charge in [0, 0.05) is 11.9 Å². The topological polar surface area (TPSA) is 46.2 Å². The average molecular weight is 348 g/mol. The lowest BCUT2D eigenvalue weighted by Crippen LogP contribution is -2.28. The van der Waals surface area contributed by atoms with Gasteiger partial charge in [0.05, 0.1) is 4.90 Å². The number of nitrogens with one attached hydrogen (secondary N) is 1. The fraction of sp³-hybridized carbons (Fsp3) is 0.571. The van der Waals surface area contributed by atoms with Crippen molar-refractivity contribution in [1.82, 2.24) is 4.72 Å². The van der Waals surface area contributed by atoms with Gasteiger partial charge in [0.25, 0.3) is 0 Å². The van der Waals surface area contributed by atoms with Gasteiger partial charge in [-0.2, -0.15) is 0 Å². The van der Waals surface area contributed by atoms with Crippen LogP contribution < -0.4 is 4.72 Å². The first-order valence-electron chi connectivity index (χ1n) is 6.64. The van der Waals surface area contributed by atoms with Crippen LogP contribution in [0.5, 0.6) is 0 Å². The number of halogens is 1. The normalized spacial score (nSPS) is 13.4. The highest BCUT2D eigenvalue weighted by molar-refractivity contribution is 9.09. The molecule has 1 N–H and O–H groups in total. The lowest BCUT2D eigenvalue weighted by atomic mass is 10.1. The molecule has 0 fully saturated rings. The number of alkyl halides is 1. The first-order chi connectivity index (χ1) is 8.99. The Balaban J connectivity index is 2.66. The van der Waals surface area contributed by atoms with Crippen molar-refractivity contribution in [3.8, 4) is 0 Å². The van der Waals surface area contributed by atoms with Crippen molar-refractivity contribution in [3.63, 3.8) is 0 Å². The number of aryl methyl sites for hydroxylation is 1. The summed E-state index contributed by atoms with van der Waals surface area (Å²) in [6.45, 7) is 4.62. The van der Waals surface area contributed by atoms with E-state index in [1.54, 1.807) is 12.1 Å². The third-order valence-corrected chi connectivity index (χ3v) is 4.89. The molecule has 1 rings (SSSR count). The molecule has 0 saturated carbocycles. The van der Waals surface area contributed by atoms with Crippen LogP contribution in [0.2, 0.25) is 0 Å². The minimum Gasteiger partial charge on any atom is -0.211 e. The minimum atomic E-state index is -3.37. The highest BCUT2D eigenvalue weighted by Crippen LogP contribution is 2.12. The molecule has 0 aromatic heterocycles. The van der Waals surface area contributed by atoms with Gasteiger partial charge >= 0.3 is 0 Å². The molecule has 0 aliphatic rings. The van der Waals surface area contributed by atoms with E-state index in [1.165, 1.54) is 5.56 Å². The average Bonchev–Trinajstić information content (AvgIpc) is 2.38. The third-order valence-electron chi connectivity index (χ3n) is 3.00. The lowest BCUT2D eigenvalue weighted by Gasteiger charge is -2.12. The summed E-state index contributed by atoms with van der Waals surface area (Å²) in [6.07, 6.45) is 3.00. The molecule has 0 amide bonds. The van der Waals surface area contributed by atoms with Gasteiger partial charge in [0.15, 0.2) is 0 Å². The van der Waals surface area contributed by atoms with E-state index in [1.807, 2.05) is 19.1 Å². The number of sulfonamides is 1. The predicted octanol–water partition coefficient (Wildman–Crippen LogP) is 3.34. The molecule has 0 aliphatic carbocycles. The van der Waals surface area contributed by atoms with E-state index in [2.05, 4.69) is 27.6 Å². The van der Waals surface area contributed by atoms with Gasteiger partial charge in [-0.05, 0) is 36.5 Å². The predicted molar refractivity (Wildman–Crippen MR) is 83.2 cm³/mol. The summed E-state index contributed by atoms with van der Waals surface area (Å²) in [5.74, 6) is 0.327. The summed E-state index contributed by atoms with van der Waals surface area (Å²) >= 11 is 3.36. The molecule has 0 bridgehead atoms. The Labute approximate surface area is 125 Å². The van der Waals surface area contributed by atoms with Crippen LogP contribution in [0, 0.1) is 5.92 Å². The second-order valence-corrected chi connectivity index (χ2v) is 7.39.